The summed E-state index contributed by atoms with van der Waals surface area (Å²) in [6, 6.07) is 0. The zero-order valence-electron chi connectivity index (χ0n) is 4.28. The van der Waals surface area contributed by atoms with Crippen molar-refractivity contribution in [2.75, 3.05) is 0 Å². The molecule has 0 aromatic rings. The Morgan fingerprint density at radius 2 is 1.80 bits per heavy atom. The lowest BCUT2D eigenvalue weighted by Gasteiger charge is -1.84. The molecule has 0 spiro atoms. The third kappa shape index (κ3) is 4.13. The molecule has 0 aliphatic rings. The van der Waals surface area contributed by atoms with Gasteiger partial charge in [0.05, 0.1) is 7.85 Å². The SMILES string of the molecule is BCB(C)C. The molecule has 0 heterocycles. The average molecular weight is 67.7 g/mol. The summed E-state index contributed by atoms with van der Waals surface area (Å²) < 4.78 is 0. The Morgan fingerprint density at radius 1 is 1.60 bits per heavy atom. The Balaban J connectivity index is 2.54. The van der Waals surface area contributed by atoms with E-state index in [1.165, 1.54) is 6.22 Å². The molecule has 28 valence electrons. The van der Waals surface area contributed by atoms with Crippen LogP contribution in [0.15, 0.2) is 0 Å². The fourth-order valence-corrected chi connectivity index (χ4v) is 0. The molecule has 5 heavy (non-hydrogen) atoms. The van der Waals surface area contributed by atoms with Crippen molar-refractivity contribution in [3.05, 3.63) is 0 Å². The van der Waals surface area contributed by atoms with Crippen molar-refractivity contribution in [3.63, 3.8) is 0 Å². The highest BCUT2D eigenvalue weighted by molar-refractivity contribution is 6.62. The fraction of sp³-hybridized carbons (Fsp3) is 1.00. The highest BCUT2D eigenvalue weighted by Crippen LogP contribution is 1.79. The Hall–Kier alpha value is 0.130. The maximum absolute atomic E-state index is 2.22. The Kier molecular flexibility index (Phi) is 2.43. The van der Waals surface area contributed by atoms with E-state index in [9.17, 15) is 0 Å². The summed E-state index contributed by atoms with van der Waals surface area (Å²) in [6.07, 6.45) is 1.31. The Morgan fingerprint density at radius 3 is 1.80 bits per heavy atom. The lowest BCUT2D eigenvalue weighted by molar-refractivity contribution is 1.83. The van der Waals surface area contributed by atoms with Crippen molar-refractivity contribution in [2.24, 2.45) is 0 Å². The first kappa shape index (κ1) is 5.13. The second-order valence-electron chi connectivity index (χ2n) is 1.80. The standard InChI is InChI=1S/C3H10B2/c1-5(2)3-4/h3-4H2,1-2H3. The molecule has 0 rings (SSSR count). The maximum atomic E-state index is 2.22. The van der Waals surface area contributed by atoms with Gasteiger partial charge < -0.3 is 0 Å². The predicted molar refractivity (Wildman–Crippen MR) is 30.8 cm³/mol. The van der Waals surface area contributed by atoms with E-state index in [4.69, 9.17) is 0 Å². The maximum Gasteiger partial charge on any atom is 0.125 e. The molecule has 0 saturated heterocycles. The third-order valence-electron chi connectivity index (χ3n) is 0.816. The van der Waals surface area contributed by atoms with Gasteiger partial charge in [-0.3, -0.25) is 0 Å². The van der Waals surface area contributed by atoms with E-state index >= 15 is 0 Å². The van der Waals surface area contributed by atoms with Gasteiger partial charge in [-0.05, 0) is 0 Å². The summed E-state index contributed by atoms with van der Waals surface area (Å²) in [7, 11) is 2.20. The summed E-state index contributed by atoms with van der Waals surface area (Å²) >= 11 is 0. The normalized spacial score (nSPS) is 7.60. The van der Waals surface area contributed by atoms with Crippen LogP contribution in [0.4, 0.5) is 0 Å². The number of hydrogen-bond acceptors (Lipinski definition) is 0. The molecular weight excluding hydrogens is 57.7 g/mol. The van der Waals surface area contributed by atoms with Crippen LogP contribution in [0.1, 0.15) is 0 Å². The van der Waals surface area contributed by atoms with Gasteiger partial charge in [0.2, 0.25) is 0 Å². The quantitative estimate of drug-likeness (QED) is 0.388. The third-order valence-corrected chi connectivity index (χ3v) is 0.816. The molecular formula is C3H10B2. The summed E-state index contributed by atoms with van der Waals surface area (Å²) in [5, 5.41) is 0. The molecule has 0 aliphatic carbocycles. The first-order valence-corrected chi connectivity index (χ1v) is 2.27. The highest BCUT2D eigenvalue weighted by atomic mass is 13.4. The van der Waals surface area contributed by atoms with Crippen LogP contribution in [-0.2, 0) is 0 Å². The van der Waals surface area contributed by atoms with Crippen LogP contribution in [0.2, 0.25) is 19.9 Å². The molecule has 2 heteroatoms. The largest absolute Gasteiger partial charge is 0.125 e. The summed E-state index contributed by atoms with van der Waals surface area (Å²) in [6.45, 7) is 5.33. The van der Waals surface area contributed by atoms with E-state index in [2.05, 4.69) is 21.5 Å². The minimum Gasteiger partial charge on any atom is -0.102 e. The van der Waals surface area contributed by atoms with E-state index in [0.29, 0.717) is 0 Å². The van der Waals surface area contributed by atoms with Gasteiger partial charge in [-0.2, -0.15) is 0 Å². The Bertz CT molecular complexity index is 18.9. The second kappa shape index (κ2) is 2.37. The summed E-state index contributed by atoms with van der Waals surface area (Å²) in [5.74, 6) is 0. The van der Waals surface area contributed by atoms with E-state index < -0.39 is 0 Å². The molecule has 0 atom stereocenters. The molecule has 0 unspecified atom stereocenters. The van der Waals surface area contributed by atoms with Crippen LogP contribution >= 0.6 is 0 Å². The van der Waals surface area contributed by atoms with Crippen LogP contribution in [0.25, 0.3) is 0 Å². The van der Waals surface area contributed by atoms with Gasteiger partial charge >= 0.3 is 0 Å². The van der Waals surface area contributed by atoms with Crippen molar-refractivity contribution in [1.82, 2.24) is 0 Å². The molecule has 0 N–H and O–H groups in total. The smallest absolute Gasteiger partial charge is 0.102 e. The van der Waals surface area contributed by atoms with Crippen LogP contribution in [0.3, 0.4) is 0 Å². The van der Waals surface area contributed by atoms with Crippen LogP contribution in [0.5, 0.6) is 0 Å². The average Bonchev–Trinajstić information content (AvgIpc) is 1.38. The van der Waals surface area contributed by atoms with E-state index in [1.807, 2.05) is 0 Å². The van der Waals surface area contributed by atoms with Crippen molar-refractivity contribution >= 4 is 14.6 Å². The van der Waals surface area contributed by atoms with Crippen LogP contribution < -0.4 is 0 Å². The molecule has 0 amide bonds. The van der Waals surface area contributed by atoms with E-state index in [1.54, 1.807) is 0 Å². The minimum atomic E-state index is 0.884. The summed E-state index contributed by atoms with van der Waals surface area (Å²) in [4.78, 5) is 0. The second-order valence-corrected chi connectivity index (χ2v) is 1.80. The van der Waals surface area contributed by atoms with Gasteiger partial charge in [0.25, 0.3) is 0 Å². The van der Waals surface area contributed by atoms with Crippen molar-refractivity contribution < 1.29 is 0 Å². The van der Waals surface area contributed by atoms with Crippen molar-refractivity contribution in [3.8, 4) is 0 Å². The van der Waals surface area contributed by atoms with Crippen molar-refractivity contribution in [1.29, 1.82) is 0 Å². The van der Waals surface area contributed by atoms with E-state index in [-0.39, 0.29) is 0 Å². The lowest BCUT2D eigenvalue weighted by Crippen LogP contribution is -1.95. The molecule has 0 bridgehead atoms. The zero-order chi connectivity index (χ0) is 4.28. The lowest BCUT2D eigenvalue weighted by atomic mass is 9.47. The predicted octanol–water partition coefficient (Wildman–Crippen LogP) is 0.331. The monoisotopic (exact) mass is 68.1 g/mol. The molecule has 0 aromatic carbocycles. The molecule has 0 fully saturated rings. The van der Waals surface area contributed by atoms with Gasteiger partial charge in [0.1, 0.15) is 6.71 Å². The van der Waals surface area contributed by atoms with Gasteiger partial charge in [0, 0.05) is 0 Å². The van der Waals surface area contributed by atoms with Crippen LogP contribution in [-0.4, -0.2) is 14.6 Å². The molecule has 0 nitrogen and oxygen atoms in total. The van der Waals surface area contributed by atoms with Gasteiger partial charge in [-0.25, -0.2) is 0 Å². The van der Waals surface area contributed by atoms with Gasteiger partial charge in [-0.1, -0.05) is 13.6 Å². The topological polar surface area (TPSA) is 0 Å². The van der Waals surface area contributed by atoms with Gasteiger partial charge in [-0.15, -0.1) is 6.22 Å². The molecule has 0 aliphatic heterocycles. The molecule has 0 radical (unpaired) electrons. The summed E-state index contributed by atoms with van der Waals surface area (Å²) in [5.41, 5.74) is 0. The zero-order valence-corrected chi connectivity index (χ0v) is 4.28. The van der Waals surface area contributed by atoms with Crippen LogP contribution in [0, 0.1) is 0 Å². The minimum absolute atomic E-state index is 0.884. The number of hydrogen-bond donors (Lipinski definition) is 0. The van der Waals surface area contributed by atoms with Gasteiger partial charge in [0.15, 0.2) is 0 Å². The van der Waals surface area contributed by atoms with Crippen molar-refractivity contribution in [2.45, 2.75) is 19.9 Å². The first-order chi connectivity index (χ1) is 2.27. The fourth-order valence-electron chi connectivity index (χ4n) is 0. The number of rotatable bonds is 1. The first-order valence-electron chi connectivity index (χ1n) is 2.27. The molecule has 0 saturated carbocycles. The Labute approximate surface area is 35.4 Å². The molecule has 0 aromatic heterocycles. The van der Waals surface area contributed by atoms with E-state index in [0.717, 1.165) is 6.71 Å². The highest BCUT2D eigenvalue weighted by Gasteiger charge is 1.87.